The molecule has 0 aromatic heterocycles. The Morgan fingerprint density at radius 1 is 1.58 bits per heavy atom. The lowest BCUT2D eigenvalue weighted by Crippen LogP contribution is -2.32. The molecule has 1 unspecified atom stereocenters. The quantitative estimate of drug-likeness (QED) is 0.456. The van der Waals surface area contributed by atoms with Crippen LogP contribution >= 0.6 is 0 Å². The summed E-state index contributed by atoms with van der Waals surface area (Å²) >= 11 is 0. The summed E-state index contributed by atoms with van der Waals surface area (Å²) in [6.07, 6.45) is 1.41. The second-order valence-corrected chi connectivity index (χ2v) is 3.92. The van der Waals surface area contributed by atoms with Crippen LogP contribution in [0, 0.1) is 5.41 Å². The predicted octanol–water partition coefficient (Wildman–Crippen LogP) is 0.572. The van der Waals surface area contributed by atoms with Crippen molar-refractivity contribution in [1.82, 2.24) is 5.32 Å². The van der Waals surface area contributed by atoms with E-state index in [1.54, 1.807) is 6.92 Å². The summed E-state index contributed by atoms with van der Waals surface area (Å²) in [5.41, 5.74) is -0.293. The number of aliphatic hydroxyl groups is 1. The van der Waals surface area contributed by atoms with Crippen LogP contribution in [0.3, 0.4) is 0 Å². The van der Waals surface area contributed by atoms with E-state index in [1.807, 2.05) is 13.8 Å². The van der Waals surface area contributed by atoms with Crippen molar-refractivity contribution < 1.29 is 9.90 Å². The minimum absolute atomic E-state index is 0.267. The van der Waals surface area contributed by atoms with Crippen molar-refractivity contribution in [3.63, 3.8) is 0 Å². The van der Waals surface area contributed by atoms with Crippen LogP contribution in [-0.2, 0) is 4.79 Å². The van der Waals surface area contributed by atoms with Crippen molar-refractivity contribution in [3.8, 4) is 0 Å². The van der Waals surface area contributed by atoms with Gasteiger partial charge in [-0.2, -0.15) is 0 Å². The van der Waals surface area contributed by atoms with Gasteiger partial charge in [-0.05, 0) is 19.9 Å². The van der Waals surface area contributed by atoms with Gasteiger partial charge in [0.05, 0.1) is 6.10 Å². The maximum absolute atomic E-state index is 10.5. The Kier molecular flexibility index (Phi) is 5.09. The minimum Gasteiger partial charge on any atom is -0.393 e. The molecule has 0 aromatic carbocycles. The van der Waals surface area contributed by atoms with Gasteiger partial charge < -0.3 is 15.2 Å². The highest BCUT2D eigenvalue weighted by molar-refractivity contribution is 5.58. The third-order valence-corrected chi connectivity index (χ3v) is 1.64. The highest BCUT2D eigenvalue weighted by Crippen LogP contribution is 2.07. The maximum atomic E-state index is 10.5. The molecule has 0 radical (unpaired) electrons. The number of carbonyl (C=O) groups is 1. The van der Waals surface area contributed by atoms with E-state index in [1.165, 1.54) is 0 Å². The predicted molar refractivity (Wildman–Crippen MR) is 49.0 cm³/mol. The average molecular weight is 173 g/mol. The zero-order valence-electron chi connectivity index (χ0n) is 8.13. The van der Waals surface area contributed by atoms with Gasteiger partial charge in [0.15, 0.2) is 0 Å². The molecule has 0 heterocycles. The molecule has 0 fully saturated rings. The first-order chi connectivity index (χ1) is 5.48. The maximum Gasteiger partial charge on any atom is 0.126 e. The van der Waals surface area contributed by atoms with Gasteiger partial charge in [0.2, 0.25) is 0 Å². The van der Waals surface area contributed by atoms with Crippen LogP contribution in [0.4, 0.5) is 0 Å². The van der Waals surface area contributed by atoms with Gasteiger partial charge in [0.25, 0.3) is 0 Å². The topological polar surface area (TPSA) is 49.3 Å². The number of rotatable bonds is 6. The average Bonchev–Trinajstić information content (AvgIpc) is 1.98. The molecule has 0 saturated heterocycles. The summed E-state index contributed by atoms with van der Waals surface area (Å²) in [6.45, 7) is 6.95. The fourth-order valence-corrected chi connectivity index (χ4v) is 0.763. The van der Waals surface area contributed by atoms with Gasteiger partial charge in [-0.1, -0.05) is 13.8 Å². The van der Waals surface area contributed by atoms with E-state index >= 15 is 0 Å². The Labute approximate surface area is 74.2 Å². The summed E-state index contributed by atoms with van der Waals surface area (Å²) in [6, 6.07) is 0. The van der Waals surface area contributed by atoms with E-state index in [0.29, 0.717) is 6.54 Å². The van der Waals surface area contributed by atoms with Crippen LogP contribution < -0.4 is 5.32 Å². The van der Waals surface area contributed by atoms with E-state index < -0.39 is 0 Å². The summed E-state index contributed by atoms with van der Waals surface area (Å²) in [5.74, 6) is 0. The van der Waals surface area contributed by atoms with Gasteiger partial charge in [-0.25, -0.2) is 0 Å². The zero-order chi connectivity index (χ0) is 9.61. The molecular formula is C9H19NO2. The molecule has 0 saturated carbocycles. The first-order valence-electron chi connectivity index (χ1n) is 4.33. The molecule has 72 valence electrons. The number of nitrogens with one attached hydrogen (secondary N) is 1. The number of carbonyl (C=O) groups excluding carboxylic acids is 1. The lowest BCUT2D eigenvalue weighted by atomic mass is 9.96. The molecule has 0 aromatic rings. The van der Waals surface area contributed by atoms with Crippen molar-refractivity contribution in [2.24, 2.45) is 5.41 Å². The van der Waals surface area contributed by atoms with Crippen LogP contribution in [0.5, 0.6) is 0 Å². The van der Waals surface area contributed by atoms with E-state index in [4.69, 9.17) is 5.11 Å². The van der Waals surface area contributed by atoms with Crippen molar-refractivity contribution >= 4 is 6.29 Å². The Balaban J connectivity index is 3.37. The number of hydrogen-bond acceptors (Lipinski definition) is 3. The standard InChI is InChI=1S/C9H19NO2/c1-8(12)4-5-10-6-9(2,3)7-11/h7-8,10,12H,4-6H2,1-3H3. The van der Waals surface area contributed by atoms with Gasteiger partial charge in [-0.3, -0.25) is 0 Å². The Morgan fingerprint density at radius 3 is 2.58 bits per heavy atom. The SMILES string of the molecule is CC(O)CCNCC(C)(C)C=O. The number of aliphatic hydroxyl groups excluding tert-OH is 1. The van der Waals surface area contributed by atoms with Gasteiger partial charge >= 0.3 is 0 Å². The molecule has 3 heteroatoms. The van der Waals surface area contributed by atoms with Crippen LogP contribution in [0.15, 0.2) is 0 Å². The highest BCUT2D eigenvalue weighted by Gasteiger charge is 2.14. The van der Waals surface area contributed by atoms with E-state index in [0.717, 1.165) is 19.3 Å². The Hall–Kier alpha value is -0.410. The van der Waals surface area contributed by atoms with Crippen LogP contribution in [0.2, 0.25) is 0 Å². The molecule has 3 nitrogen and oxygen atoms in total. The smallest absolute Gasteiger partial charge is 0.126 e. The number of aldehydes is 1. The fourth-order valence-electron chi connectivity index (χ4n) is 0.763. The van der Waals surface area contributed by atoms with Crippen molar-refractivity contribution in [1.29, 1.82) is 0 Å². The normalized spacial score (nSPS) is 14.3. The highest BCUT2D eigenvalue weighted by atomic mass is 16.3. The van der Waals surface area contributed by atoms with E-state index in [2.05, 4.69) is 5.32 Å². The third kappa shape index (κ3) is 6.31. The molecule has 1 atom stereocenters. The molecule has 0 bridgehead atoms. The third-order valence-electron chi connectivity index (χ3n) is 1.64. The van der Waals surface area contributed by atoms with Crippen molar-refractivity contribution in [3.05, 3.63) is 0 Å². The zero-order valence-corrected chi connectivity index (χ0v) is 8.13. The molecule has 0 aliphatic rings. The van der Waals surface area contributed by atoms with Gasteiger partial charge in [0.1, 0.15) is 6.29 Å². The lowest BCUT2D eigenvalue weighted by Gasteiger charge is -2.17. The monoisotopic (exact) mass is 173 g/mol. The van der Waals surface area contributed by atoms with Crippen molar-refractivity contribution in [2.45, 2.75) is 33.3 Å². The fraction of sp³-hybridized carbons (Fsp3) is 0.889. The summed E-state index contributed by atoms with van der Waals surface area (Å²) in [5, 5.41) is 12.0. The van der Waals surface area contributed by atoms with Crippen LogP contribution in [-0.4, -0.2) is 30.6 Å². The van der Waals surface area contributed by atoms with E-state index in [-0.39, 0.29) is 11.5 Å². The largest absolute Gasteiger partial charge is 0.393 e. The van der Waals surface area contributed by atoms with Crippen molar-refractivity contribution in [2.75, 3.05) is 13.1 Å². The second-order valence-electron chi connectivity index (χ2n) is 3.92. The summed E-state index contributed by atoms with van der Waals surface area (Å²) in [4.78, 5) is 10.5. The van der Waals surface area contributed by atoms with Gasteiger partial charge in [-0.15, -0.1) is 0 Å². The lowest BCUT2D eigenvalue weighted by molar-refractivity contribution is -0.114. The molecule has 12 heavy (non-hydrogen) atoms. The minimum atomic E-state index is -0.293. The molecule has 0 aliphatic heterocycles. The number of hydrogen-bond donors (Lipinski definition) is 2. The van der Waals surface area contributed by atoms with Crippen LogP contribution in [0.1, 0.15) is 27.2 Å². The second kappa shape index (κ2) is 5.27. The molecule has 0 aliphatic carbocycles. The Bertz CT molecular complexity index is 132. The molecular weight excluding hydrogens is 154 g/mol. The molecule has 0 amide bonds. The summed E-state index contributed by atoms with van der Waals surface area (Å²) < 4.78 is 0. The summed E-state index contributed by atoms with van der Waals surface area (Å²) in [7, 11) is 0. The van der Waals surface area contributed by atoms with Gasteiger partial charge in [0, 0.05) is 12.0 Å². The molecule has 0 spiro atoms. The first-order valence-corrected chi connectivity index (χ1v) is 4.33. The first kappa shape index (κ1) is 11.6. The molecule has 0 rings (SSSR count). The Morgan fingerprint density at radius 2 is 2.17 bits per heavy atom. The van der Waals surface area contributed by atoms with E-state index in [9.17, 15) is 4.79 Å². The molecule has 2 N–H and O–H groups in total. The van der Waals surface area contributed by atoms with Crippen LogP contribution in [0.25, 0.3) is 0 Å².